The first-order valence-electron chi connectivity index (χ1n) is 17.9. The Morgan fingerprint density at radius 2 is 1.54 bits per heavy atom. The standard InChI is InChI=1S/C37H48ClF3N6O3/c1-44-13-6-25(7-14-44)26-8-15-46(16-9-26)35(49)28(20-24-21-30(37(39,40)41)34(42)31(38)22-24)23-33(48)45-17-11-29(12-18-45)47-19-10-27-4-2-3-5-32(27)43-36(47)50/h2-5,21-22,25-26,28-29H,6-20,23,42H2,1H3,(H,43,50)/t28-/m0/s1. The van der Waals surface area contributed by atoms with Gasteiger partial charge in [0.25, 0.3) is 0 Å². The van der Waals surface area contributed by atoms with Crippen LogP contribution < -0.4 is 11.1 Å². The van der Waals surface area contributed by atoms with E-state index in [0.29, 0.717) is 57.4 Å². The predicted octanol–water partition coefficient (Wildman–Crippen LogP) is 6.15. The number of hydrogen-bond acceptors (Lipinski definition) is 5. The maximum Gasteiger partial charge on any atom is 0.418 e. The van der Waals surface area contributed by atoms with Crippen LogP contribution in [0.25, 0.3) is 0 Å². The van der Waals surface area contributed by atoms with Crippen molar-refractivity contribution in [3.05, 3.63) is 58.1 Å². The number of alkyl halides is 3. The van der Waals surface area contributed by atoms with Crippen molar-refractivity contribution >= 4 is 40.8 Å². The zero-order valence-electron chi connectivity index (χ0n) is 28.7. The van der Waals surface area contributed by atoms with Crippen LogP contribution in [0.3, 0.4) is 0 Å². The molecule has 6 rings (SSSR count). The summed E-state index contributed by atoms with van der Waals surface area (Å²) in [4.78, 5) is 48.7. The summed E-state index contributed by atoms with van der Waals surface area (Å²) in [5.41, 5.74) is 6.22. The summed E-state index contributed by atoms with van der Waals surface area (Å²) in [6.45, 7) is 4.73. The number of amides is 4. The van der Waals surface area contributed by atoms with Crippen molar-refractivity contribution in [2.45, 2.75) is 70.0 Å². The van der Waals surface area contributed by atoms with E-state index in [4.69, 9.17) is 17.3 Å². The number of carbonyl (C=O) groups excluding carboxylic acids is 3. The summed E-state index contributed by atoms with van der Waals surface area (Å²) in [6.07, 6.45) is 1.10. The first kappa shape index (κ1) is 36.3. The van der Waals surface area contributed by atoms with Gasteiger partial charge < -0.3 is 30.7 Å². The van der Waals surface area contributed by atoms with Crippen molar-refractivity contribution in [1.82, 2.24) is 19.6 Å². The molecule has 0 aliphatic carbocycles. The van der Waals surface area contributed by atoms with Gasteiger partial charge in [-0.2, -0.15) is 13.2 Å². The molecule has 0 saturated carbocycles. The number of piperidine rings is 3. The third-order valence-electron chi connectivity index (χ3n) is 11.4. The minimum absolute atomic E-state index is 0.0330. The number of rotatable bonds is 7. The molecule has 2 aromatic carbocycles. The normalized spacial score (nSPS) is 21.1. The Labute approximate surface area is 297 Å². The first-order valence-corrected chi connectivity index (χ1v) is 18.3. The van der Waals surface area contributed by atoms with E-state index >= 15 is 0 Å². The molecule has 3 fully saturated rings. The lowest BCUT2D eigenvalue weighted by Crippen LogP contribution is -2.50. The molecular formula is C37H48ClF3N6O3. The summed E-state index contributed by atoms with van der Waals surface area (Å²) < 4.78 is 41.5. The molecule has 1 atom stereocenters. The molecule has 0 bridgehead atoms. The fourth-order valence-corrected chi connectivity index (χ4v) is 8.65. The molecule has 0 spiro atoms. The zero-order valence-corrected chi connectivity index (χ0v) is 29.4. The van der Waals surface area contributed by atoms with E-state index in [1.165, 1.54) is 6.07 Å². The highest BCUT2D eigenvalue weighted by atomic mass is 35.5. The summed E-state index contributed by atoms with van der Waals surface area (Å²) in [5.74, 6) is -0.0986. The fourth-order valence-electron chi connectivity index (χ4n) is 8.41. The third kappa shape index (κ3) is 8.33. The molecule has 4 aliphatic heterocycles. The molecule has 13 heteroatoms. The zero-order chi connectivity index (χ0) is 35.6. The van der Waals surface area contributed by atoms with Gasteiger partial charge in [0.15, 0.2) is 0 Å². The summed E-state index contributed by atoms with van der Waals surface area (Å²) in [7, 11) is 2.14. The molecule has 2 aromatic rings. The lowest BCUT2D eigenvalue weighted by Gasteiger charge is -2.40. The number of nitrogens with zero attached hydrogens (tertiary/aromatic N) is 4. The molecule has 0 unspecified atom stereocenters. The van der Waals surface area contributed by atoms with Gasteiger partial charge in [-0.25, -0.2) is 4.79 Å². The molecule has 272 valence electrons. The molecule has 3 N–H and O–H groups in total. The van der Waals surface area contributed by atoms with Crippen molar-refractivity contribution in [2.75, 3.05) is 63.9 Å². The molecule has 4 heterocycles. The highest BCUT2D eigenvalue weighted by Crippen LogP contribution is 2.39. The van der Waals surface area contributed by atoms with Crippen molar-refractivity contribution in [3.8, 4) is 0 Å². The lowest BCUT2D eigenvalue weighted by molar-refractivity contribution is -0.143. The van der Waals surface area contributed by atoms with Gasteiger partial charge in [-0.3, -0.25) is 9.59 Å². The summed E-state index contributed by atoms with van der Waals surface area (Å²) in [6, 6.07) is 9.91. The Bertz CT molecular complexity index is 1550. The quantitative estimate of drug-likeness (QED) is 0.335. The lowest BCUT2D eigenvalue weighted by atomic mass is 9.78. The Morgan fingerprint density at radius 1 is 0.920 bits per heavy atom. The van der Waals surface area contributed by atoms with Gasteiger partial charge in [0.05, 0.1) is 22.2 Å². The molecule has 0 radical (unpaired) electrons. The number of anilines is 2. The van der Waals surface area contributed by atoms with Crippen molar-refractivity contribution < 1.29 is 27.6 Å². The molecule has 4 amide bonds. The Balaban J connectivity index is 1.12. The van der Waals surface area contributed by atoms with Crippen LogP contribution in [0.1, 0.15) is 61.6 Å². The topological polar surface area (TPSA) is 102 Å². The van der Waals surface area contributed by atoms with Gasteiger partial charge in [0.2, 0.25) is 11.8 Å². The Kier molecular flexibility index (Phi) is 11.2. The maximum atomic E-state index is 14.1. The molecule has 9 nitrogen and oxygen atoms in total. The average Bonchev–Trinajstić information content (AvgIpc) is 3.27. The summed E-state index contributed by atoms with van der Waals surface area (Å²) in [5, 5.41) is 2.79. The van der Waals surface area contributed by atoms with Crippen LogP contribution in [-0.2, 0) is 28.6 Å². The average molecular weight is 717 g/mol. The van der Waals surface area contributed by atoms with E-state index < -0.39 is 23.3 Å². The number of benzene rings is 2. The van der Waals surface area contributed by atoms with Crippen LogP contribution in [0.4, 0.5) is 29.3 Å². The van der Waals surface area contributed by atoms with Gasteiger partial charge in [-0.05, 0) is 113 Å². The highest BCUT2D eigenvalue weighted by molar-refractivity contribution is 6.33. The minimum Gasteiger partial charge on any atom is -0.397 e. The van der Waals surface area contributed by atoms with Gasteiger partial charge in [-0.1, -0.05) is 29.8 Å². The fraction of sp³-hybridized carbons (Fsp3) is 0.595. The van der Waals surface area contributed by atoms with Gasteiger partial charge >= 0.3 is 12.2 Å². The first-order chi connectivity index (χ1) is 23.9. The summed E-state index contributed by atoms with van der Waals surface area (Å²) >= 11 is 6.16. The number of nitrogen functional groups attached to an aromatic ring is 1. The monoisotopic (exact) mass is 716 g/mol. The number of urea groups is 1. The van der Waals surface area contributed by atoms with E-state index in [0.717, 1.165) is 62.5 Å². The van der Waals surface area contributed by atoms with E-state index in [2.05, 4.69) is 17.3 Å². The predicted molar refractivity (Wildman–Crippen MR) is 188 cm³/mol. The smallest absolute Gasteiger partial charge is 0.397 e. The highest BCUT2D eigenvalue weighted by Gasteiger charge is 2.38. The maximum absolute atomic E-state index is 14.1. The van der Waals surface area contributed by atoms with Crippen molar-refractivity contribution in [1.29, 1.82) is 0 Å². The van der Waals surface area contributed by atoms with Crippen LogP contribution >= 0.6 is 11.6 Å². The largest absolute Gasteiger partial charge is 0.418 e. The second kappa shape index (κ2) is 15.4. The SMILES string of the molecule is CN1CCC(C2CCN(C(=O)[C@H](CC(=O)N3CCC(N4CCc5ccccc5NC4=O)CC3)Cc3cc(Cl)c(N)c(C(F)(F)F)c3)CC2)CC1. The number of para-hydroxylation sites is 1. The number of halogens is 4. The Hall–Kier alpha value is -3.51. The Morgan fingerprint density at radius 3 is 2.20 bits per heavy atom. The molecule has 3 saturated heterocycles. The number of fused-ring (bicyclic) bond motifs is 1. The minimum atomic E-state index is -4.72. The molecule has 0 aromatic heterocycles. The van der Waals surface area contributed by atoms with Crippen LogP contribution in [-0.4, -0.2) is 96.3 Å². The number of likely N-dealkylation sites (tertiary alicyclic amines) is 3. The van der Waals surface area contributed by atoms with Crippen molar-refractivity contribution in [3.63, 3.8) is 0 Å². The number of nitrogens with one attached hydrogen (secondary N) is 1. The number of nitrogens with two attached hydrogens (primary N) is 1. The van der Waals surface area contributed by atoms with Crippen molar-refractivity contribution in [2.24, 2.45) is 17.8 Å². The van der Waals surface area contributed by atoms with Crippen LogP contribution in [0.2, 0.25) is 5.02 Å². The second-order valence-corrected chi connectivity index (χ2v) is 15.0. The van der Waals surface area contributed by atoms with E-state index in [9.17, 15) is 27.6 Å². The number of carbonyl (C=O) groups is 3. The van der Waals surface area contributed by atoms with E-state index in [1.54, 1.807) is 9.80 Å². The molecule has 4 aliphatic rings. The van der Waals surface area contributed by atoms with Gasteiger partial charge in [-0.15, -0.1) is 0 Å². The van der Waals surface area contributed by atoms with E-state index in [-0.39, 0.29) is 47.3 Å². The number of hydrogen-bond donors (Lipinski definition) is 2. The van der Waals surface area contributed by atoms with E-state index in [1.807, 2.05) is 29.2 Å². The second-order valence-electron chi connectivity index (χ2n) is 14.6. The van der Waals surface area contributed by atoms with Gasteiger partial charge in [0.1, 0.15) is 0 Å². The molecule has 50 heavy (non-hydrogen) atoms. The van der Waals surface area contributed by atoms with Crippen LogP contribution in [0, 0.1) is 17.8 Å². The van der Waals surface area contributed by atoms with Gasteiger partial charge in [0, 0.05) is 50.9 Å². The van der Waals surface area contributed by atoms with Crippen LogP contribution in [0.5, 0.6) is 0 Å². The third-order valence-corrected chi connectivity index (χ3v) is 11.7. The molecular weight excluding hydrogens is 669 g/mol. The van der Waals surface area contributed by atoms with Crippen LogP contribution in [0.15, 0.2) is 36.4 Å².